The average Bonchev–Trinajstić information content (AvgIpc) is 2.65. The Kier molecular flexibility index (Phi) is 5.39. The van der Waals surface area contributed by atoms with Crippen LogP contribution in [0.3, 0.4) is 0 Å². The standard InChI is InChI=1S/C11H22N2O3S/c1-3-12-11(14)7-8-13-9-5-4-6-10(9)17(2,15)16/h9-10,13H,3-8H2,1-2H3,(H,12,14). The lowest BCUT2D eigenvalue weighted by Crippen LogP contribution is -2.41. The monoisotopic (exact) mass is 262 g/mol. The number of nitrogens with one attached hydrogen (secondary N) is 2. The van der Waals surface area contributed by atoms with Gasteiger partial charge in [0.05, 0.1) is 5.25 Å². The van der Waals surface area contributed by atoms with Crippen LogP contribution in [-0.2, 0) is 14.6 Å². The second-order valence-electron chi connectivity index (χ2n) is 4.56. The zero-order valence-electron chi connectivity index (χ0n) is 10.5. The molecule has 1 aliphatic rings. The molecule has 0 aliphatic heterocycles. The molecule has 0 aromatic rings. The van der Waals surface area contributed by atoms with E-state index in [1.807, 2.05) is 6.92 Å². The lowest BCUT2D eigenvalue weighted by Gasteiger charge is -2.19. The Morgan fingerprint density at radius 3 is 2.65 bits per heavy atom. The molecule has 0 heterocycles. The Morgan fingerprint density at radius 2 is 2.06 bits per heavy atom. The van der Waals surface area contributed by atoms with E-state index in [1.54, 1.807) is 0 Å². The van der Waals surface area contributed by atoms with E-state index >= 15 is 0 Å². The summed E-state index contributed by atoms with van der Waals surface area (Å²) in [4.78, 5) is 11.2. The van der Waals surface area contributed by atoms with Crippen molar-refractivity contribution in [3.05, 3.63) is 0 Å². The Morgan fingerprint density at radius 1 is 1.35 bits per heavy atom. The first-order valence-electron chi connectivity index (χ1n) is 6.14. The fourth-order valence-corrected chi connectivity index (χ4v) is 3.75. The SMILES string of the molecule is CCNC(=O)CCNC1CCCC1S(C)(=O)=O. The van der Waals surface area contributed by atoms with Gasteiger partial charge in [-0.3, -0.25) is 4.79 Å². The molecule has 1 aliphatic carbocycles. The average molecular weight is 262 g/mol. The van der Waals surface area contributed by atoms with Gasteiger partial charge in [0.25, 0.3) is 0 Å². The summed E-state index contributed by atoms with van der Waals surface area (Å²) in [5, 5.41) is 5.62. The minimum atomic E-state index is -2.98. The summed E-state index contributed by atoms with van der Waals surface area (Å²) in [7, 11) is -2.98. The summed E-state index contributed by atoms with van der Waals surface area (Å²) >= 11 is 0. The summed E-state index contributed by atoms with van der Waals surface area (Å²) < 4.78 is 23.0. The van der Waals surface area contributed by atoms with Crippen LogP contribution in [0.2, 0.25) is 0 Å². The summed E-state index contributed by atoms with van der Waals surface area (Å²) in [5.41, 5.74) is 0. The van der Waals surface area contributed by atoms with Crippen LogP contribution in [0.25, 0.3) is 0 Å². The molecule has 5 nitrogen and oxygen atoms in total. The molecule has 0 saturated heterocycles. The molecule has 1 fully saturated rings. The van der Waals surface area contributed by atoms with E-state index in [1.165, 1.54) is 6.26 Å². The van der Waals surface area contributed by atoms with Gasteiger partial charge in [-0.2, -0.15) is 0 Å². The number of hydrogen-bond acceptors (Lipinski definition) is 4. The van der Waals surface area contributed by atoms with Crippen LogP contribution in [0, 0.1) is 0 Å². The van der Waals surface area contributed by atoms with E-state index < -0.39 is 9.84 Å². The second kappa shape index (κ2) is 6.35. The molecule has 1 rings (SSSR count). The molecular formula is C11H22N2O3S. The Labute approximate surface area is 103 Å². The number of rotatable bonds is 6. The van der Waals surface area contributed by atoms with Crippen LogP contribution >= 0.6 is 0 Å². The first-order valence-corrected chi connectivity index (χ1v) is 8.09. The minimum absolute atomic E-state index is 0.00824. The first kappa shape index (κ1) is 14.4. The lowest BCUT2D eigenvalue weighted by molar-refractivity contribution is -0.120. The Balaban J connectivity index is 2.34. The minimum Gasteiger partial charge on any atom is -0.356 e. The maximum Gasteiger partial charge on any atom is 0.221 e. The van der Waals surface area contributed by atoms with Crippen molar-refractivity contribution in [2.24, 2.45) is 0 Å². The highest BCUT2D eigenvalue weighted by atomic mass is 32.2. The molecule has 0 spiro atoms. The van der Waals surface area contributed by atoms with Crippen molar-refractivity contribution in [2.75, 3.05) is 19.3 Å². The predicted octanol–water partition coefficient (Wildman–Crippen LogP) is 0.0679. The van der Waals surface area contributed by atoms with Crippen LogP contribution in [0.15, 0.2) is 0 Å². The molecule has 2 atom stereocenters. The van der Waals surface area contributed by atoms with Gasteiger partial charge in [-0.15, -0.1) is 0 Å². The molecule has 17 heavy (non-hydrogen) atoms. The molecule has 1 saturated carbocycles. The zero-order valence-corrected chi connectivity index (χ0v) is 11.3. The van der Waals surface area contributed by atoms with Gasteiger partial charge in [0.2, 0.25) is 5.91 Å². The quantitative estimate of drug-likeness (QED) is 0.710. The largest absolute Gasteiger partial charge is 0.356 e. The normalized spacial score (nSPS) is 24.8. The van der Waals surface area contributed by atoms with Crippen molar-refractivity contribution in [1.82, 2.24) is 10.6 Å². The summed E-state index contributed by atoms with van der Waals surface area (Å²) in [6, 6.07) is 0.0134. The van der Waals surface area contributed by atoms with Crippen LogP contribution < -0.4 is 10.6 Å². The topological polar surface area (TPSA) is 75.3 Å². The molecule has 1 amide bonds. The van der Waals surface area contributed by atoms with Crippen molar-refractivity contribution in [3.8, 4) is 0 Å². The number of carbonyl (C=O) groups excluding carboxylic acids is 1. The third-order valence-electron chi connectivity index (χ3n) is 3.14. The van der Waals surface area contributed by atoms with Gasteiger partial charge >= 0.3 is 0 Å². The van der Waals surface area contributed by atoms with Crippen molar-refractivity contribution >= 4 is 15.7 Å². The Hall–Kier alpha value is -0.620. The molecule has 100 valence electrons. The number of sulfone groups is 1. The molecule has 0 radical (unpaired) electrons. The molecule has 2 unspecified atom stereocenters. The van der Waals surface area contributed by atoms with Gasteiger partial charge in [0.15, 0.2) is 9.84 Å². The van der Waals surface area contributed by atoms with Gasteiger partial charge < -0.3 is 10.6 Å². The van der Waals surface area contributed by atoms with Gasteiger partial charge in [-0.1, -0.05) is 6.42 Å². The molecule has 0 aromatic carbocycles. The van der Waals surface area contributed by atoms with Crippen LogP contribution in [0.5, 0.6) is 0 Å². The number of amides is 1. The van der Waals surface area contributed by atoms with Crippen molar-refractivity contribution in [3.63, 3.8) is 0 Å². The van der Waals surface area contributed by atoms with Crippen LogP contribution in [0.4, 0.5) is 0 Å². The van der Waals surface area contributed by atoms with Gasteiger partial charge in [0, 0.05) is 31.8 Å². The van der Waals surface area contributed by atoms with E-state index in [0.717, 1.165) is 19.3 Å². The van der Waals surface area contributed by atoms with Crippen LogP contribution in [0.1, 0.15) is 32.6 Å². The van der Waals surface area contributed by atoms with E-state index in [2.05, 4.69) is 10.6 Å². The zero-order chi connectivity index (χ0) is 12.9. The predicted molar refractivity (Wildman–Crippen MR) is 67.6 cm³/mol. The summed E-state index contributed by atoms with van der Waals surface area (Å²) in [6.07, 6.45) is 4.25. The van der Waals surface area contributed by atoms with E-state index in [4.69, 9.17) is 0 Å². The van der Waals surface area contributed by atoms with Gasteiger partial charge in [0.1, 0.15) is 0 Å². The van der Waals surface area contributed by atoms with E-state index in [9.17, 15) is 13.2 Å². The summed E-state index contributed by atoms with van der Waals surface area (Å²) in [6.45, 7) is 3.05. The van der Waals surface area contributed by atoms with Crippen LogP contribution in [-0.4, -0.2) is 45.0 Å². The third kappa shape index (κ3) is 4.63. The fourth-order valence-electron chi connectivity index (χ4n) is 2.33. The van der Waals surface area contributed by atoms with Gasteiger partial charge in [-0.05, 0) is 19.8 Å². The van der Waals surface area contributed by atoms with Crippen molar-refractivity contribution < 1.29 is 13.2 Å². The van der Waals surface area contributed by atoms with Crippen molar-refractivity contribution in [1.29, 1.82) is 0 Å². The lowest BCUT2D eigenvalue weighted by atomic mass is 10.2. The summed E-state index contributed by atoms with van der Waals surface area (Å²) in [5.74, 6) is 0.00824. The molecular weight excluding hydrogens is 240 g/mol. The highest BCUT2D eigenvalue weighted by Gasteiger charge is 2.34. The highest BCUT2D eigenvalue weighted by molar-refractivity contribution is 7.91. The van der Waals surface area contributed by atoms with Gasteiger partial charge in [-0.25, -0.2) is 8.42 Å². The number of hydrogen-bond donors (Lipinski definition) is 2. The maximum atomic E-state index is 11.5. The van der Waals surface area contributed by atoms with E-state index in [0.29, 0.717) is 19.5 Å². The van der Waals surface area contributed by atoms with Crippen molar-refractivity contribution in [2.45, 2.75) is 43.9 Å². The molecule has 0 bridgehead atoms. The molecule has 0 aromatic heterocycles. The first-order chi connectivity index (χ1) is 7.95. The maximum absolute atomic E-state index is 11.5. The smallest absolute Gasteiger partial charge is 0.221 e. The highest BCUT2D eigenvalue weighted by Crippen LogP contribution is 2.24. The molecule has 6 heteroatoms. The van der Waals surface area contributed by atoms with E-state index in [-0.39, 0.29) is 17.2 Å². The fraction of sp³-hybridized carbons (Fsp3) is 0.909. The second-order valence-corrected chi connectivity index (χ2v) is 6.83. The Bertz CT molecular complexity index is 354. The third-order valence-corrected chi connectivity index (χ3v) is 4.80. The number of carbonyl (C=O) groups is 1. The molecule has 2 N–H and O–H groups in total.